The Morgan fingerprint density at radius 2 is 2.12 bits per heavy atom. The summed E-state index contributed by atoms with van der Waals surface area (Å²) in [5.74, 6) is 0.624. The molecule has 7 nitrogen and oxygen atoms in total. The van der Waals surface area contributed by atoms with E-state index in [2.05, 4.69) is 20.4 Å². The first-order valence-corrected chi connectivity index (χ1v) is 8.37. The topological polar surface area (TPSA) is 92.4 Å². The van der Waals surface area contributed by atoms with Gasteiger partial charge in [0.25, 0.3) is 5.78 Å². The normalized spacial score (nSPS) is 11.9. The lowest BCUT2D eigenvalue weighted by atomic mass is 9.89. The van der Waals surface area contributed by atoms with Crippen molar-refractivity contribution >= 4 is 11.7 Å². The van der Waals surface area contributed by atoms with Crippen LogP contribution in [-0.2, 0) is 11.2 Å². The van der Waals surface area contributed by atoms with E-state index >= 15 is 0 Å². The van der Waals surface area contributed by atoms with Crippen LogP contribution in [0.3, 0.4) is 0 Å². The van der Waals surface area contributed by atoms with Gasteiger partial charge in [-0.1, -0.05) is 13.8 Å². The van der Waals surface area contributed by atoms with E-state index in [9.17, 15) is 9.90 Å². The van der Waals surface area contributed by atoms with Gasteiger partial charge >= 0.3 is 0 Å². The van der Waals surface area contributed by atoms with Gasteiger partial charge in [0.15, 0.2) is 0 Å². The lowest BCUT2D eigenvalue weighted by molar-refractivity contribution is -0.121. The van der Waals surface area contributed by atoms with Gasteiger partial charge in [-0.25, -0.2) is 9.50 Å². The molecule has 2 aromatic rings. The Bertz CT molecular complexity index is 708. The molecule has 24 heavy (non-hydrogen) atoms. The van der Waals surface area contributed by atoms with Gasteiger partial charge in [-0.15, -0.1) is 0 Å². The Morgan fingerprint density at radius 1 is 1.38 bits per heavy atom. The summed E-state index contributed by atoms with van der Waals surface area (Å²) in [5.41, 5.74) is 2.83. The number of fused-ring (bicyclic) bond motifs is 1. The van der Waals surface area contributed by atoms with Gasteiger partial charge in [-0.2, -0.15) is 10.1 Å². The zero-order chi connectivity index (χ0) is 17.7. The fourth-order valence-corrected chi connectivity index (χ4v) is 2.72. The second-order valence-electron chi connectivity index (χ2n) is 7.01. The molecule has 2 rings (SSSR count). The molecule has 2 heterocycles. The highest BCUT2D eigenvalue weighted by Gasteiger charge is 2.16. The predicted octanol–water partition coefficient (Wildman–Crippen LogP) is 1.59. The first kappa shape index (κ1) is 18.3. The molecule has 0 atom stereocenters. The minimum atomic E-state index is -0.0855. The minimum Gasteiger partial charge on any atom is -0.396 e. The van der Waals surface area contributed by atoms with E-state index in [0.29, 0.717) is 25.2 Å². The molecule has 0 unspecified atom stereocenters. The van der Waals surface area contributed by atoms with E-state index in [1.807, 2.05) is 27.7 Å². The van der Waals surface area contributed by atoms with Crippen LogP contribution < -0.4 is 5.32 Å². The van der Waals surface area contributed by atoms with Crippen molar-refractivity contribution in [2.75, 3.05) is 13.2 Å². The second kappa shape index (κ2) is 7.70. The average Bonchev–Trinajstić information content (AvgIpc) is 3.00. The standard InChI is InChI=1S/C17H27N5O2/c1-12-14(13(2)22-16(21-12)19-11-20-22)6-7-15(24)18-9-5-8-17(3,4)10-23/h11,23H,5-10H2,1-4H3,(H,18,24). The summed E-state index contributed by atoms with van der Waals surface area (Å²) in [4.78, 5) is 20.5. The van der Waals surface area contributed by atoms with Gasteiger partial charge in [0, 0.05) is 31.0 Å². The van der Waals surface area contributed by atoms with Crippen molar-refractivity contribution in [1.82, 2.24) is 24.9 Å². The first-order chi connectivity index (χ1) is 11.3. The molecule has 0 aliphatic carbocycles. The molecule has 0 bridgehead atoms. The maximum atomic E-state index is 12.0. The van der Waals surface area contributed by atoms with Crippen molar-refractivity contribution < 1.29 is 9.90 Å². The van der Waals surface area contributed by atoms with Crippen molar-refractivity contribution in [2.45, 2.75) is 53.4 Å². The molecule has 0 fully saturated rings. The van der Waals surface area contributed by atoms with Crippen LogP contribution in [0.15, 0.2) is 6.33 Å². The third kappa shape index (κ3) is 4.50. The summed E-state index contributed by atoms with van der Waals surface area (Å²) in [7, 11) is 0. The zero-order valence-electron chi connectivity index (χ0n) is 15.0. The number of carbonyl (C=O) groups is 1. The lowest BCUT2D eigenvalue weighted by Gasteiger charge is -2.21. The molecule has 2 N–H and O–H groups in total. The SMILES string of the molecule is Cc1nc2ncnn2c(C)c1CCC(=O)NCCCC(C)(C)CO. The Balaban J connectivity index is 1.84. The summed E-state index contributed by atoms with van der Waals surface area (Å²) in [6, 6.07) is 0. The molecule has 0 radical (unpaired) electrons. The number of amides is 1. The number of nitrogens with zero attached hydrogens (tertiary/aromatic N) is 4. The Morgan fingerprint density at radius 3 is 2.83 bits per heavy atom. The van der Waals surface area contributed by atoms with E-state index in [1.165, 1.54) is 6.33 Å². The van der Waals surface area contributed by atoms with Crippen LogP contribution in [0.2, 0.25) is 0 Å². The molecule has 0 aliphatic heterocycles. The number of hydrogen-bond donors (Lipinski definition) is 2. The molecule has 1 amide bonds. The predicted molar refractivity (Wildman–Crippen MR) is 91.7 cm³/mol. The molecule has 0 spiro atoms. The fraction of sp³-hybridized carbons (Fsp3) is 0.647. The minimum absolute atomic E-state index is 0.0364. The largest absolute Gasteiger partial charge is 0.396 e. The van der Waals surface area contributed by atoms with Crippen LogP contribution in [-0.4, -0.2) is 43.7 Å². The number of aryl methyl sites for hydroxylation is 2. The second-order valence-corrected chi connectivity index (χ2v) is 7.01. The molecule has 0 aromatic carbocycles. The van der Waals surface area contributed by atoms with E-state index < -0.39 is 0 Å². The van der Waals surface area contributed by atoms with Crippen molar-refractivity contribution in [3.63, 3.8) is 0 Å². The van der Waals surface area contributed by atoms with Crippen LogP contribution in [0.5, 0.6) is 0 Å². The maximum Gasteiger partial charge on any atom is 0.252 e. The van der Waals surface area contributed by atoms with E-state index in [-0.39, 0.29) is 17.9 Å². The van der Waals surface area contributed by atoms with Gasteiger partial charge < -0.3 is 10.4 Å². The highest BCUT2D eigenvalue weighted by Crippen LogP contribution is 2.20. The van der Waals surface area contributed by atoms with Crippen molar-refractivity contribution in [2.24, 2.45) is 5.41 Å². The third-order valence-electron chi connectivity index (χ3n) is 4.37. The first-order valence-electron chi connectivity index (χ1n) is 8.37. The number of rotatable bonds is 8. The average molecular weight is 333 g/mol. The monoisotopic (exact) mass is 333 g/mol. The van der Waals surface area contributed by atoms with Crippen LogP contribution in [0.4, 0.5) is 0 Å². The number of aliphatic hydroxyl groups excluding tert-OH is 1. The molecule has 7 heteroatoms. The zero-order valence-corrected chi connectivity index (χ0v) is 15.0. The number of nitrogens with one attached hydrogen (secondary N) is 1. The van der Waals surface area contributed by atoms with Gasteiger partial charge in [0.1, 0.15) is 6.33 Å². The number of hydrogen-bond acceptors (Lipinski definition) is 5. The summed E-state index contributed by atoms with van der Waals surface area (Å²) in [6.45, 7) is 8.76. The molecule has 0 aliphatic rings. The number of aliphatic hydroxyl groups is 1. The van der Waals surface area contributed by atoms with E-state index in [0.717, 1.165) is 29.8 Å². The van der Waals surface area contributed by atoms with Gasteiger partial charge in [0.2, 0.25) is 5.91 Å². The van der Waals surface area contributed by atoms with E-state index in [4.69, 9.17) is 0 Å². The quantitative estimate of drug-likeness (QED) is 0.716. The highest BCUT2D eigenvalue weighted by atomic mass is 16.3. The van der Waals surface area contributed by atoms with Crippen molar-refractivity contribution in [3.8, 4) is 0 Å². The summed E-state index contributed by atoms with van der Waals surface area (Å²) >= 11 is 0. The fourth-order valence-electron chi connectivity index (χ4n) is 2.72. The molecular formula is C17H27N5O2. The lowest BCUT2D eigenvalue weighted by Crippen LogP contribution is -2.26. The van der Waals surface area contributed by atoms with Gasteiger partial charge in [-0.05, 0) is 44.1 Å². The molecule has 2 aromatic heterocycles. The summed E-state index contributed by atoms with van der Waals surface area (Å²) in [5, 5.41) is 16.3. The molecule has 132 valence electrons. The molecular weight excluding hydrogens is 306 g/mol. The van der Waals surface area contributed by atoms with Crippen LogP contribution in [0, 0.1) is 19.3 Å². The number of aromatic nitrogens is 4. The van der Waals surface area contributed by atoms with Crippen LogP contribution >= 0.6 is 0 Å². The highest BCUT2D eigenvalue weighted by molar-refractivity contribution is 5.76. The van der Waals surface area contributed by atoms with Crippen molar-refractivity contribution in [3.05, 3.63) is 23.3 Å². The summed E-state index contributed by atoms with van der Waals surface area (Å²) in [6.07, 6.45) is 4.29. The Labute approximate surface area is 142 Å². The Hall–Kier alpha value is -2.02. The summed E-state index contributed by atoms with van der Waals surface area (Å²) < 4.78 is 1.71. The van der Waals surface area contributed by atoms with Gasteiger partial charge in [0.05, 0.1) is 0 Å². The molecule has 0 saturated heterocycles. The maximum absolute atomic E-state index is 12.0. The van der Waals surface area contributed by atoms with Crippen LogP contribution in [0.25, 0.3) is 5.78 Å². The van der Waals surface area contributed by atoms with Gasteiger partial charge in [-0.3, -0.25) is 4.79 Å². The molecule has 0 saturated carbocycles. The third-order valence-corrected chi connectivity index (χ3v) is 4.37. The smallest absolute Gasteiger partial charge is 0.252 e. The van der Waals surface area contributed by atoms with Crippen molar-refractivity contribution in [1.29, 1.82) is 0 Å². The Kier molecular flexibility index (Phi) is 5.88. The van der Waals surface area contributed by atoms with E-state index in [1.54, 1.807) is 4.52 Å². The van der Waals surface area contributed by atoms with Crippen LogP contribution in [0.1, 0.15) is 50.1 Å². The number of carbonyl (C=O) groups excluding carboxylic acids is 1.